The zero-order valence-electron chi connectivity index (χ0n) is 9.47. The van der Waals surface area contributed by atoms with Crippen LogP contribution in [0.5, 0.6) is 5.75 Å². The molecule has 16 heavy (non-hydrogen) atoms. The zero-order chi connectivity index (χ0) is 11.4. The summed E-state index contributed by atoms with van der Waals surface area (Å²) in [4.78, 5) is 0. The van der Waals surface area contributed by atoms with E-state index < -0.39 is 0 Å². The first-order valence-electron chi connectivity index (χ1n) is 5.29. The highest BCUT2D eigenvalue weighted by Crippen LogP contribution is 2.27. The fraction of sp³-hybridized carbons (Fsp3) is 0.333. The number of para-hydroxylation sites is 1. The van der Waals surface area contributed by atoms with Crippen molar-refractivity contribution >= 4 is 0 Å². The van der Waals surface area contributed by atoms with Crippen molar-refractivity contribution in [2.75, 3.05) is 7.11 Å². The third-order valence-corrected chi connectivity index (χ3v) is 2.65. The Bertz CT molecular complexity index is 439. The number of aromatic amines is 1. The molecule has 0 bridgehead atoms. The normalized spacial score (nSPS) is 12.4. The number of rotatable bonds is 4. The van der Waals surface area contributed by atoms with E-state index in [2.05, 4.69) is 28.4 Å². The molecule has 4 heteroatoms. The van der Waals surface area contributed by atoms with Crippen molar-refractivity contribution in [2.45, 2.75) is 19.3 Å². The Morgan fingerprint density at radius 1 is 1.38 bits per heavy atom. The van der Waals surface area contributed by atoms with Crippen molar-refractivity contribution < 1.29 is 4.74 Å². The van der Waals surface area contributed by atoms with Gasteiger partial charge in [-0.2, -0.15) is 15.4 Å². The summed E-state index contributed by atoms with van der Waals surface area (Å²) in [5.41, 5.74) is 2.17. The van der Waals surface area contributed by atoms with E-state index >= 15 is 0 Å². The molecule has 0 amide bonds. The number of aromatic nitrogens is 3. The summed E-state index contributed by atoms with van der Waals surface area (Å²) in [6, 6.07) is 8.07. The molecule has 1 atom stereocenters. The fourth-order valence-corrected chi connectivity index (χ4v) is 1.82. The highest BCUT2D eigenvalue weighted by molar-refractivity contribution is 5.36. The van der Waals surface area contributed by atoms with E-state index in [1.165, 1.54) is 5.56 Å². The number of hydrogen-bond donors (Lipinski definition) is 1. The Morgan fingerprint density at radius 3 is 2.88 bits per heavy atom. The summed E-state index contributed by atoms with van der Waals surface area (Å²) >= 11 is 0. The first-order valence-corrected chi connectivity index (χ1v) is 5.29. The summed E-state index contributed by atoms with van der Waals surface area (Å²) in [6.45, 7) is 2.16. The van der Waals surface area contributed by atoms with Crippen LogP contribution in [0, 0.1) is 0 Å². The molecule has 0 spiro atoms. The van der Waals surface area contributed by atoms with Crippen LogP contribution >= 0.6 is 0 Å². The molecule has 0 saturated heterocycles. The molecule has 1 aromatic carbocycles. The number of benzene rings is 1. The van der Waals surface area contributed by atoms with Crippen molar-refractivity contribution in [1.82, 2.24) is 15.4 Å². The monoisotopic (exact) mass is 217 g/mol. The van der Waals surface area contributed by atoms with Crippen molar-refractivity contribution in [3.63, 3.8) is 0 Å². The first-order chi connectivity index (χ1) is 7.81. The van der Waals surface area contributed by atoms with Gasteiger partial charge in [-0.1, -0.05) is 25.1 Å². The molecule has 1 N–H and O–H groups in total. The second-order valence-corrected chi connectivity index (χ2v) is 3.81. The van der Waals surface area contributed by atoms with Gasteiger partial charge >= 0.3 is 0 Å². The standard InChI is InChI=1S/C12H15N3O/c1-9(7-10-8-13-15-14-10)11-5-3-4-6-12(11)16-2/h3-6,8-9H,7H2,1-2H3,(H,13,14,15). The molecule has 1 heterocycles. The Labute approximate surface area is 94.6 Å². The molecule has 84 valence electrons. The quantitative estimate of drug-likeness (QED) is 0.853. The number of nitrogens with one attached hydrogen (secondary N) is 1. The van der Waals surface area contributed by atoms with Gasteiger partial charge in [-0.3, -0.25) is 0 Å². The molecule has 2 rings (SSSR count). The van der Waals surface area contributed by atoms with Crippen LogP contribution in [0.2, 0.25) is 0 Å². The SMILES string of the molecule is COc1ccccc1C(C)Cc1cn[nH]n1. The van der Waals surface area contributed by atoms with Crippen LogP contribution in [-0.2, 0) is 6.42 Å². The minimum Gasteiger partial charge on any atom is -0.496 e. The highest BCUT2D eigenvalue weighted by Gasteiger charge is 2.12. The highest BCUT2D eigenvalue weighted by atomic mass is 16.5. The first kappa shape index (κ1) is 10.7. The van der Waals surface area contributed by atoms with Gasteiger partial charge in [0.15, 0.2) is 0 Å². The molecule has 0 aliphatic heterocycles. The van der Waals surface area contributed by atoms with Crippen molar-refractivity contribution in [3.05, 3.63) is 41.7 Å². The predicted molar refractivity (Wildman–Crippen MR) is 61.5 cm³/mol. The minimum absolute atomic E-state index is 0.362. The maximum absolute atomic E-state index is 5.34. The van der Waals surface area contributed by atoms with Gasteiger partial charge in [0.05, 0.1) is 19.0 Å². The van der Waals surface area contributed by atoms with Crippen LogP contribution in [0.25, 0.3) is 0 Å². The maximum Gasteiger partial charge on any atom is 0.122 e. The third-order valence-electron chi connectivity index (χ3n) is 2.65. The van der Waals surface area contributed by atoms with E-state index in [1.807, 2.05) is 18.2 Å². The summed E-state index contributed by atoms with van der Waals surface area (Å²) in [6.07, 6.45) is 2.61. The number of hydrogen-bond acceptors (Lipinski definition) is 3. The second-order valence-electron chi connectivity index (χ2n) is 3.81. The van der Waals surface area contributed by atoms with Gasteiger partial charge in [0.1, 0.15) is 5.75 Å². The maximum atomic E-state index is 5.34. The van der Waals surface area contributed by atoms with Crippen molar-refractivity contribution in [2.24, 2.45) is 0 Å². The molecule has 0 aliphatic rings. The lowest BCUT2D eigenvalue weighted by molar-refractivity contribution is 0.406. The summed E-state index contributed by atoms with van der Waals surface area (Å²) in [5.74, 6) is 1.29. The molecule has 2 aromatic rings. The lowest BCUT2D eigenvalue weighted by Crippen LogP contribution is -2.01. The summed E-state index contributed by atoms with van der Waals surface area (Å²) in [5, 5.41) is 10.5. The van der Waals surface area contributed by atoms with Crippen LogP contribution < -0.4 is 4.74 Å². The molecule has 0 saturated carbocycles. The van der Waals surface area contributed by atoms with Crippen LogP contribution in [0.15, 0.2) is 30.5 Å². The molecule has 0 fully saturated rings. The number of nitrogens with zero attached hydrogens (tertiary/aromatic N) is 2. The number of methoxy groups -OCH3 is 1. The number of ether oxygens (including phenoxy) is 1. The topological polar surface area (TPSA) is 50.8 Å². The Morgan fingerprint density at radius 2 is 2.19 bits per heavy atom. The van der Waals surface area contributed by atoms with Gasteiger partial charge in [0.25, 0.3) is 0 Å². The summed E-state index contributed by atoms with van der Waals surface area (Å²) in [7, 11) is 1.70. The second kappa shape index (κ2) is 4.79. The molecule has 0 aliphatic carbocycles. The van der Waals surface area contributed by atoms with Gasteiger partial charge in [-0.15, -0.1) is 0 Å². The van der Waals surface area contributed by atoms with Gasteiger partial charge in [0.2, 0.25) is 0 Å². The summed E-state index contributed by atoms with van der Waals surface area (Å²) < 4.78 is 5.34. The predicted octanol–water partition coefficient (Wildman–Crippen LogP) is 2.16. The van der Waals surface area contributed by atoms with E-state index in [-0.39, 0.29) is 0 Å². The van der Waals surface area contributed by atoms with Crippen LogP contribution in [-0.4, -0.2) is 22.5 Å². The third kappa shape index (κ3) is 2.21. The van der Waals surface area contributed by atoms with Gasteiger partial charge in [-0.05, 0) is 24.0 Å². The average molecular weight is 217 g/mol. The largest absolute Gasteiger partial charge is 0.496 e. The van der Waals surface area contributed by atoms with Crippen molar-refractivity contribution in [1.29, 1.82) is 0 Å². The number of H-pyrrole nitrogens is 1. The zero-order valence-corrected chi connectivity index (χ0v) is 9.47. The molecular weight excluding hydrogens is 202 g/mol. The van der Waals surface area contributed by atoms with Crippen molar-refractivity contribution in [3.8, 4) is 5.75 Å². The van der Waals surface area contributed by atoms with E-state index in [0.29, 0.717) is 5.92 Å². The molecular formula is C12H15N3O. The smallest absolute Gasteiger partial charge is 0.122 e. The molecule has 1 unspecified atom stereocenters. The van der Waals surface area contributed by atoms with E-state index in [4.69, 9.17) is 4.74 Å². The molecule has 1 aromatic heterocycles. The van der Waals surface area contributed by atoms with Crippen LogP contribution in [0.3, 0.4) is 0 Å². The fourth-order valence-electron chi connectivity index (χ4n) is 1.82. The van der Waals surface area contributed by atoms with E-state index in [1.54, 1.807) is 13.3 Å². The Kier molecular flexibility index (Phi) is 3.19. The Balaban J connectivity index is 2.17. The lowest BCUT2D eigenvalue weighted by atomic mass is 9.95. The van der Waals surface area contributed by atoms with Crippen LogP contribution in [0.4, 0.5) is 0 Å². The van der Waals surface area contributed by atoms with Crippen LogP contribution in [0.1, 0.15) is 24.1 Å². The van der Waals surface area contributed by atoms with E-state index in [0.717, 1.165) is 17.9 Å². The van der Waals surface area contributed by atoms with E-state index in [9.17, 15) is 0 Å². The molecule has 0 radical (unpaired) electrons. The minimum atomic E-state index is 0.362. The van der Waals surface area contributed by atoms with Gasteiger partial charge < -0.3 is 4.74 Å². The lowest BCUT2D eigenvalue weighted by Gasteiger charge is -2.14. The molecule has 4 nitrogen and oxygen atoms in total. The van der Waals surface area contributed by atoms with Gasteiger partial charge in [-0.25, -0.2) is 0 Å². The van der Waals surface area contributed by atoms with Gasteiger partial charge in [0, 0.05) is 0 Å². The average Bonchev–Trinajstić information content (AvgIpc) is 2.81. The Hall–Kier alpha value is -1.84.